The molecule has 31 heavy (non-hydrogen) atoms. The Morgan fingerprint density at radius 2 is 1.90 bits per heavy atom. The number of anilines is 1. The Morgan fingerprint density at radius 3 is 2.45 bits per heavy atom. The number of hydrogen-bond donors (Lipinski definition) is 1. The van der Waals surface area contributed by atoms with Crippen LogP contribution in [-0.4, -0.2) is 45.7 Å². The Bertz CT molecular complexity index is 1010. The van der Waals surface area contributed by atoms with E-state index in [2.05, 4.69) is 5.32 Å². The van der Waals surface area contributed by atoms with Gasteiger partial charge in [-0.1, -0.05) is 43.7 Å². The predicted octanol–water partition coefficient (Wildman–Crippen LogP) is 2.75. The predicted molar refractivity (Wildman–Crippen MR) is 119 cm³/mol. The van der Waals surface area contributed by atoms with Crippen molar-refractivity contribution in [1.29, 1.82) is 0 Å². The Labute approximate surface area is 182 Å². The summed E-state index contributed by atoms with van der Waals surface area (Å²) in [7, 11) is -2.59. The summed E-state index contributed by atoms with van der Waals surface area (Å²) in [6, 6.07) is 13.5. The van der Waals surface area contributed by atoms with Crippen molar-refractivity contribution in [2.45, 2.75) is 19.8 Å². The van der Waals surface area contributed by atoms with Crippen LogP contribution in [0.5, 0.6) is 5.75 Å². The van der Waals surface area contributed by atoms with E-state index in [0.29, 0.717) is 6.54 Å². The first kappa shape index (κ1) is 24.1. The third kappa shape index (κ3) is 6.95. The summed E-state index contributed by atoms with van der Waals surface area (Å²) >= 11 is 0. The molecule has 0 aliphatic carbocycles. The molecule has 9 nitrogen and oxygen atoms in total. The molecule has 2 aromatic carbocycles. The zero-order chi connectivity index (χ0) is 23.0. The number of ether oxygens (including phenoxy) is 1. The summed E-state index contributed by atoms with van der Waals surface area (Å²) in [5.41, 5.74) is 0.784. The summed E-state index contributed by atoms with van der Waals surface area (Å²) in [6.45, 7) is 1.89. The van der Waals surface area contributed by atoms with Crippen LogP contribution >= 0.6 is 0 Å². The number of nitro benzene ring substituents is 1. The van der Waals surface area contributed by atoms with E-state index in [0.717, 1.165) is 35.0 Å². The molecule has 10 heteroatoms. The maximum absolute atomic E-state index is 12.6. The van der Waals surface area contributed by atoms with Gasteiger partial charge in [0.15, 0.2) is 0 Å². The minimum Gasteiger partial charge on any atom is -0.495 e. The number of benzene rings is 2. The van der Waals surface area contributed by atoms with Gasteiger partial charge in [0.2, 0.25) is 15.9 Å². The zero-order valence-corrected chi connectivity index (χ0v) is 18.6. The monoisotopic (exact) mass is 449 g/mol. The lowest BCUT2D eigenvalue weighted by Gasteiger charge is -2.24. The molecule has 168 valence electrons. The Kier molecular flexibility index (Phi) is 8.38. The second-order valence-corrected chi connectivity index (χ2v) is 9.06. The van der Waals surface area contributed by atoms with Gasteiger partial charge in [-0.25, -0.2) is 8.42 Å². The molecule has 0 aliphatic heterocycles. The summed E-state index contributed by atoms with van der Waals surface area (Å²) in [5.74, 6) is -0.213. The fourth-order valence-corrected chi connectivity index (χ4v) is 3.97. The van der Waals surface area contributed by atoms with Crippen molar-refractivity contribution in [1.82, 2.24) is 5.32 Å². The van der Waals surface area contributed by atoms with Crippen LogP contribution in [0.25, 0.3) is 0 Å². The standard InChI is InChI=1S/C21H27N3O6S/c1-4-16(12-17-8-6-5-7-9-17)14-22-21(25)15-23(31(3,28)29)19-13-18(24(26)27)10-11-20(19)30-2/h5-11,13,16H,4,12,14-15H2,1-3H3,(H,22,25). The van der Waals surface area contributed by atoms with Gasteiger partial charge < -0.3 is 10.1 Å². The van der Waals surface area contributed by atoms with Gasteiger partial charge >= 0.3 is 0 Å². The normalized spacial score (nSPS) is 12.1. The van der Waals surface area contributed by atoms with Crippen molar-refractivity contribution in [3.8, 4) is 5.75 Å². The van der Waals surface area contributed by atoms with Gasteiger partial charge in [0.1, 0.15) is 18.0 Å². The highest BCUT2D eigenvalue weighted by atomic mass is 32.2. The number of sulfonamides is 1. The van der Waals surface area contributed by atoms with Crippen LogP contribution in [-0.2, 0) is 21.2 Å². The average Bonchev–Trinajstić information content (AvgIpc) is 2.74. The summed E-state index contributed by atoms with van der Waals surface area (Å²) in [6.07, 6.45) is 2.55. The molecule has 0 aromatic heterocycles. The van der Waals surface area contributed by atoms with E-state index in [1.807, 2.05) is 37.3 Å². The molecule has 2 aromatic rings. The van der Waals surface area contributed by atoms with Gasteiger partial charge in [-0.3, -0.25) is 19.2 Å². The maximum atomic E-state index is 12.6. The van der Waals surface area contributed by atoms with Crippen LogP contribution in [0.15, 0.2) is 48.5 Å². The summed E-state index contributed by atoms with van der Waals surface area (Å²) in [4.78, 5) is 23.1. The van der Waals surface area contributed by atoms with Crippen molar-refractivity contribution < 1.29 is 22.9 Å². The molecule has 0 bridgehead atoms. The average molecular weight is 450 g/mol. The number of carbonyl (C=O) groups excluding carboxylic acids is 1. The Morgan fingerprint density at radius 1 is 1.23 bits per heavy atom. The van der Waals surface area contributed by atoms with Gasteiger partial charge in [-0.15, -0.1) is 0 Å². The molecule has 1 atom stereocenters. The van der Waals surface area contributed by atoms with Crippen molar-refractivity contribution in [3.63, 3.8) is 0 Å². The molecule has 1 amide bonds. The van der Waals surface area contributed by atoms with Crippen LogP contribution in [0.4, 0.5) is 11.4 Å². The van der Waals surface area contributed by atoms with Gasteiger partial charge in [-0.2, -0.15) is 0 Å². The van der Waals surface area contributed by atoms with Crippen LogP contribution in [0, 0.1) is 16.0 Å². The summed E-state index contributed by atoms with van der Waals surface area (Å²) < 4.78 is 30.7. The lowest BCUT2D eigenvalue weighted by molar-refractivity contribution is -0.384. The lowest BCUT2D eigenvalue weighted by Crippen LogP contribution is -2.42. The highest BCUT2D eigenvalue weighted by Gasteiger charge is 2.26. The van der Waals surface area contributed by atoms with Gasteiger partial charge in [0.05, 0.1) is 18.3 Å². The second kappa shape index (κ2) is 10.8. The number of nitrogens with one attached hydrogen (secondary N) is 1. The molecular weight excluding hydrogens is 422 g/mol. The smallest absolute Gasteiger partial charge is 0.271 e. The number of nitro groups is 1. The number of rotatable bonds is 11. The van der Waals surface area contributed by atoms with Crippen molar-refractivity contribution >= 4 is 27.3 Å². The topological polar surface area (TPSA) is 119 Å². The fraction of sp³-hybridized carbons (Fsp3) is 0.381. The van der Waals surface area contributed by atoms with E-state index >= 15 is 0 Å². The highest BCUT2D eigenvalue weighted by Crippen LogP contribution is 2.33. The first-order valence-electron chi connectivity index (χ1n) is 9.76. The van der Waals surface area contributed by atoms with E-state index in [1.165, 1.54) is 19.2 Å². The minimum atomic E-state index is -3.91. The second-order valence-electron chi connectivity index (χ2n) is 7.15. The minimum absolute atomic E-state index is 0.0642. The quantitative estimate of drug-likeness (QED) is 0.416. The SMILES string of the molecule is CCC(CNC(=O)CN(c1cc([N+](=O)[O-])ccc1OC)S(C)(=O)=O)Cc1ccccc1. The van der Waals surface area contributed by atoms with E-state index in [4.69, 9.17) is 4.74 Å². The first-order chi connectivity index (χ1) is 14.7. The molecule has 0 saturated carbocycles. The molecule has 0 heterocycles. The third-order valence-electron chi connectivity index (χ3n) is 4.86. The largest absolute Gasteiger partial charge is 0.495 e. The lowest BCUT2D eigenvalue weighted by atomic mass is 9.97. The number of nitrogens with zero attached hydrogens (tertiary/aromatic N) is 2. The van der Waals surface area contributed by atoms with Gasteiger partial charge in [0, 0.05) is 18.7 Å². The van der Waals surface area contributed by atoms with Crippen LogP contribution in [0.2, 0.25) is 0 Å². The van der Waals surface area contributed by atoms with E-state index in [-0.39, 0.29) is 23.0 Å². The number of amides is 1. The molecule has 0 spiro atoms. The molecular formula is C21H27N3O6S. The number of methoxy groups -OCH3 is 1. The number of hydrogen-bond acceptors (Lipinski definition) is 6. The Balaban J connectivity index is 2.15. The third-order valence-corrected chi connectivity index (χ3v) is 5.99. The van der Waals surface area contributed by atoms with Crippen molar-refractivity contribution in [2.24, 2.45) is 5.92 Å². The summed E-state index contributed by atoms with van der Waals surface area (Å²) in [5, 5.41) is 13.9. The fourth-order valence-electron chi connectivity index (χ4n) is 3.12. The van der Waals surface area contributed by atoms with Gasteiger partial charge in [0.25, 0.3) is 5.69 Å². The number of carbonyl (C=O) groups is 1. The molecule has 0 saturated heterocycles. The van der Waals surface area contributed by atoms with Crippen molar-refractivity contribution in [2.75, 3.05) is 30.8 Å². The molecule has 0 aliphatic rings. The van der Waals surface area contributed by atoms with Gasteiger partial charge in [-0.05, 0) is 24.0 Å². The molecule has 1 N–H and O–H groups in total. The van der Waals surface area contributed by atoms with Crippen molar-refractivity contribution in [3.05, 3.63) is 64.2 Å². The molecule has 1 unspecified atom stereocenters. The van der Waals surface area contributed by atoms with Crippen LogP contribution in [0.3, 0.4) is 0 Å². The van der Waals surface area contributed by atoms with E-state index < -0.39 is 27.4 Å². The maximum Gasteiger partial charge on any atom is 0.271 e. The first-order valence-corrected chi connectivity index (χ1v) is 11.6. The molecule has 2 rings (SSSR count). The highest BCUT2D eigenvalue weighted by molar-refractivity contribution is 7.92. The molecule has 0 fully saturated rings. The van der Waals surface area contributed by atoms with Crippen LogP contribution < -0.4 is 14.4 Å². The Hall–Kier alpha value is -3.14. The van der Waals surface area contributed by atoms with Crippen LogP contribution in [0.1, 0.15) is 18.9 Å². The van der Waals surface area contributed by atoms with E-state index in [9.17, 15) is 23.3 Å². The zero-order valence-electron chi connectivity index (χ0n) is 17.8. The molecule has 0 radical (unpaired) electrons. The van der Waals surface area contributed by atoms with E-state index in [1.54, 1.807) is 0 Å². The number of non-ortho nitro benzene ring substituents is 1.